The summed E-state index contributed by atoms with van der Waals surface area (Å²) in [6.45, 7) is 6.23. The predicted molar refractivity (Wildman–Crippen MR) is 63.3 cm³/mol. The van der Waals surface area contributed by atoms with Crippen molar-refractivity contribution in [3.8, 4) is 0 Å². The van der Waals surface area contributed by atoms with Crippen molar-refractivity contribution in [2.45, 2.75) is 26.7 Å². The smallest absolute Gasteiger partial charge is 0.307 e. The minimum absolute atomic E-state index is 0.0684. The van der Waals surface area contributed by atoms with E-state index in [1.807, 2.05) is 18.2 Å². The average molecular weight is 218 g/mol. The van der Waals surface area contributed by atoms with E-state index in [0.29, 0.717) is 5.92 Å². The maximum Gasteiger partial charge on any atom is 0.307 e. The summed E-state index contributed by atoms with van der Waals surface area (Å²) in [6.07, 6.45) is 0. The summed E-state index contributed by atoms with van der Waals surface area (Å²) in [6, 6.07) is 10.2. The van der Waals surface area contributed by atoms with Gasteiger partial charge in [-0.2, -0.15) is 0 Å². The van der Waals surface area contributed by atoms with Crippen molar-refractivity contribution in [1.29, 1.82) is 0 Å². The molecule has 1 aromatic carbocycles. The monoisotopic (exact) mass is 218 g/mol. The Bertz CT molecular complexity index is 394. The van der Waals surface area contributed by atoms with E-state index in [9.17, 15) is 4.79 Å². The number of benzene rings is 1. The van der Waals surface area contributed by atoms with Crippen LogP contribution in [0.25, 0.3) is 0 Å². The maximum atomic E-state index is 11.1. The first-order valence-electron chi connectivity index (χ1n) is 5.74. The van der Waals surface area contributed by atoms with Gasteiger partial charge in [-0.3, -0.25) is 4.79 Å². The second-order valence-electron chi connectivity index (χ2n) is 5.36. The van der Waals surface area contributed by atoms with Gasteiger partial charge >= 0.3 is 5.97 Å². The Kier molecular flexibility index (Phi) is 2.53. The summed E-state index contributed by atoms with van der Waals surface area (Å²) in [5, 5.41) is 9.16. The topological polar surface area (TPSA) is 37.3 Å². The third-order valence-corrected chi connectivity index (χ3v) is 4.04. The minimum Gasteiger partial charge on any atom is -0.481 e. The summed E-state index contributed by atoms with van der Waals surface area (Å²) in [5.74, 6) is -0.273. The molecule has 1 N–H and O–H groups in total. The molecule has 2 heteroatoms. The lowest BCUT2D eigenvalue weighted by atomic mass is 9.92. The highest BCUT2D eigenvalue weighted by Crippen LogP contribution is 2.63. The molecule has 1 saturated carbocycles. The molecule has 1 fully saturated rings. The fourth-order valence-electron chi connectivity index (χ4n) is 3.05. The molecular formula is C14H18O2. The van der Waals surface area contributed by atoms with E-state index in [4.69, 9.17) is 5.11 Å². The van der Waals surface area contributed by atoms with Crippen LogP contribution in [0, 0.1) is 17.3 Å². The van der Waals surface area contributed by atoms with Gasteiger partial charge in [0.25, 0.3) is 0 Å². The van der Waals surface area contributed by atoms with Gasteiger partial charge < -0.3 is 5.11 Å². The quantitative estimate of drug-likeness (QED) is 0.846. The van der Waals surface area contributed by atoms with Crippen molar-refractivity contribution in [3.05, 3.63) is 35.9 Å². The fraction of sp³-hybridized carbons (Fsp3) is 0.500. The van der Waals surface area contributed by atoms with Crippen LogP contribution in [-0.2, 0) is 4.79 Å². The number of rotatable bonds is 3. The molecule has 0 aliphatic heterocycles. The molecule has 0 amide bonds. The Hall–Kier alpha value is -1.31. The van der Waals surface area contributed by atoms with Crippen LogP contribution in [0.4, 0.5) is 0 Å². The van der Waals surface area contributed by atoms with Crippen molar-refractivity contribution < 1.29 is 9.90 Å². The third kappa shape index (κ3) is 1.62. The van der Waals surface area contributed by atoms with Gasteiger partial charge in [0.05, 0.1) is 5.92 Å². The normalized spacial score (nSPS) is 28.4. The molecule has 2 nitrogen and oxygen atoms in total. The lowest BCUT2D eigenvalue weighted by Gasteiger charge is -2.12. The zero-order chi connectivity index (χ0) is 11.9. The van der Waals surface area contributed by atoms with E-state index in [1.54, 1.807) is 0 Å². The van der Waals surface area contributed by atoms with Gasteiger partial charge in [-0.1, -0.05) is 51.1 Å². The lowest BCUT2D eigenvalue weighted by molar-refractivity contribution is -0.139. The highest BCUT2D eigenvalue weighted by atomic mass is 16.4. The molecule has 1 aliphatic rings. The highest BCUT2D eigenvalue weighted by Gasteiger charge is 2.63. The first kappa shape index (κ1) is 11.2. The minimum atomic E-state index is -0.655. The second kappa shape index (κ2) is 3.62. The van der Waals surface area contributed by atoms with Crippen LogP contribution < -0.4 is 0 Å². The molecular weight excluding hydrogens is 200 g/mol. The molecule has 1 aliphatic carbocycles. The molecule has 16 heavy (non-hydrogen) atoms. The molecule has 0 radical (unpaired) electrons. The molecule has 0 bridgehead atoms. The molecule has 0 saturated heterocycles. The maximum absolute atomic E-state index is 11.1. The van der Waals surface area contributed by atoms with Gasteiger partial charge in [0.2, 0.25) is 0 Å². The molecule has 0 heterocycles. The second-order valence-corrected chi connectivity index (χ2v) is 5.36. The van der Waals surface area contributed by atoms with Crippen molar-refractivity contribution in [3.63, 3.8) is 0 Å². The van der Waals surface area contributed by atoms with Gasteiger partial charge in [0.15, 0.2) is 0 Å². The number of carboxylic acids is 1. The van der Waals surface area contributed by atoms with Crippen molar-refractivity contribution in [1.82, 2.24) is 0 Å². The van der Waals surface area contributed by atoms with E-state index in [1.165, 1.54) is 5.56 Å². The van der Waals surface area contributed by atoms with Crippen LogP contribution >= 0.6 is 0 Å². The largest absolute Gasteiger partial charge is 0.481 e. The Morgan fingerprint density at radius 3 is 2.31 bits per heavy atom. The summed E-state index contributed by atoms with van der Waals surface area (Å²) in [5.41, 5.74) is 1.17. The Balaban J connectivity index is 2.19. The van der Waals surface area contributed by atoms with Crippen LogP contribution in [0.2, 0.25) is 0 Å². The zero-order valence-corrected chi connectivity index (χ0v) is 9.97. The standard InChI is InChI=1S/C14H18O2/c1-9(10-7-5-4-6-8-10)11-12(13(15)16)14(11,2)3/h4-9,11-12H,1-3H3,(H,15,16)/t9?,11-,12+/m0/s1. The summed E-state index contributed by atoms with van der Waals surface area (Å²) in [4.78, 5) is 11.1. The van der Waals surface area contributed by atoms with Crippen LogP contribution in [0.3, 0.4) is 0 Å². The lowest BCUT2D eigenvalue weighted by Crippen LogP contribution is -2.04. The van der Waals surface area contributed by atoms with E-state index >= 15 is 0 Å². The van der Waals surface area contributed by atoms with E-state index in [-0.39, 0.29) is 17.3 Å². The zero-order valence-electron chi connectivity index (χ0n) is 9.97. The molecule has 1 aromatic rings. The number of carbonyl (C=O) groups is 1. The van der Waals surface area contributed by atoms with E-state index in [0.717, 1.165) is 0 Å². The van der Waals surface area contributed by atoms with Crippen LogP contribution in [-0.4, -0.2) is 11.1 Å². The molecule has 0 aromatic heterocycles. The number of carboxylic acid groups (broad SMARTS) is 1. The molecule has 1 unspecified atom stereocenters. The van der Waals surface area contributed by atoms with Crippen molar-refractivity contribution >= 4 is 5.97 Å². The van der Waals surface area contributed by atoms with Gasteiger partial charge in [-0.15, -0.1) is 0 Å². The van der Waals surface area contributed by atoms with Crippen LogP contribution in [0.15, 0.2) is 30.3 Å². The highest BCUT2D eigenvalue weighted by molar-refractivity contribution is 5.75. The predicted octanol–water partition coefficient (Wildman–Crippen LogP) is 3.15. The number of aliphatic carboxylic acids is 1. The third-order valence-electron chi connectivity index (χ3n) is 4.04. The first-order valence-corrected chi connectivity index (χ1v) is 5.74. The van der Waals surface area contributed by atoms with E-state index in [2.05, 4.69) is 32.9 Å². The Morgan fingerprint density at radius 2 is 1.88 bits per heavy atom. The first-order chi connectivity index (χ1) is 7.46. The fourth-order valence-corrected chi connectivity index (χ4v) is 3.05. The number of hydrogen-bond donors (Lipinski definition) is 1. The van der Waals surface area contributed by atoms with Crippen LogP contribution in [0.1, 0.15) is 32.3 Å². The molecule has 86 valence electrons. The summed E-state index contributed by atoms with van der Waals surface area (Å²) in [7, 11) is 0. The van der Waals surface area contributed by atoms with Gasteiger partial charge in [-0.05, 0) is 22.8 Å². The molecule has 0 spiro atoms. The Morgan fingerprint density at radius 1 is 1.31 bits per heavy atom. The summed E-state index contributed by atoms with van der Waals surface area (Å²) < 4.78 is 0. The SMILES string of the molecule is CC(c1ccccc1)[C@H]1[C@H](C(=O)O)C1(C)C. The average Bonchev–Trinajstić information content (AvgIpc) is 2.82. The Labute approximate surface area is 96.3 Å². The number of hydrogen-bond acceptors (Lipinski definition) is 1. The van der Waals surface area contributed by atoms with E-state index < -0.39 is 5.97 Å². The van der Waals surface area contributed by atoms with Gasteiger partial charge in [-0.25, -0.2) is 0 Å². The summed E-state index contributed by atoms with van der Waals surface area (Å²) >= 11 is 0. The van der Waals surface area contributed by atoms with Crippen molar-refractivity contribution in [2.75, 3.05) is 0 Å². The van der Waals surface area contributed by atoms with Crippen molar-refractivity contribution in [2.24, 2.45) is 17.3 Å². The molecule has 2 rings (SSSR count). The van der Waals surface area contributed by atoms with Gasteiger partial charge in [0.1, 0.15) is 0 Å². The molecule has 3 atom stereocenters. The van der Waals surface area contributed by atoms with Gasteiger partial charge in [0, 0.05) is 0 Å². The van der Waals surface area contributed by atoms with Crippen LogP contribution in [0.5, 0.6) is 0 Å².